The number of aryl methyl sites for hydroxylation is 1. The first kappa shape index (κ1) is 19.7. The van der Waals surface area contributed by atoms with Gasteiger partial charge >= 0.3 is 0 Å². The number of Topliss-reactive ketones (excluding diaryl/α,β-unsaturated/α-hetero) is 1. The summed E-state index contributed by atoms with van der Waals surface area (Å²) in [6, 6.07) is 9.79. The number of aliphatic hydroxyl groups is 1. The molecule has 4 rings (SSSR count). The predicted octanol–water partition coefficient (Wildman–Crippen LogP) is 3.04. The van der Waals surface area contributed by atoms with Gasteiger partial charge < -0.3 is 19.3 Å². The summed E-state index contributed by atoms with van der Waals surface area (Å²) >= 11 is 0. The maximum absolute atomic E-state index is 12.8. The molecule has 29 heavy (non-hydrogen) atoms. The molecule has 1 N–H and O–H groups in total. The standard InChI is InChI=1S/C23H27NO5/c1-24-10-9-16-11-21-23(29-14-28-21)19(13-25)22(16)20(24)12-17(26)6-3-15-4-7-18(27-2)8-5-15/h4-5,7-8,11,20,25H,3,6,9-10,12-14H2,1-2H3. The third-order valence-corrected chi connectivity index (χ3v) is 5.92. The Morgan fingerprint density at radius 1 is 1.28 bits per heavy atom. The molecule has 0 fully saturated rings. The van der Waals surface area contributed by atoms with Crippen LogP contribution in [0.2, 0.25) is 0 Å². The molecule has 0 amide bonds. The number of likely N-dealkylation sites (N-methyl/N-ethyl adjacent to an activating group) is 1. The summed E-state index contributed by atoms with van der Waals surface area (Å²) in [6.45, 7) is 0.916. The normalized spacial score (nSPS) is 17.8. The molecule has 6 nitrogen and oxygen atoms in total. The lowest BCUT2D eigenvalue weighted by molar-refractivity contribution is -0.120. The van der Waals surface area contributed by atoms with Crippen LogP contribution in [0, 0.1) is 0 Å². The summed E-state index contributed by atoms with van der Waals surface area (Å²) in [5.41, 5.74) is 4.05. The number of carbonyl (C=O) groups is 1. The van der Waals surface area contributed by atoms with Gasteiger partial charge in [0.15, 0.2) is 11.5 Å². The minimum Gasteiger partial charge on any atom is -0.497 e. The quantitative estimate of drug-likeness (QED) is 0.775. The molecule has 0 aliphatic carbocycles. The summed E-state index contributed by atoms with van der Waals surface area (Å²) < 4.78 is 16.3. The Balaban J connectivity index is 1.50. The second-order valence-corrected chi connectivity index (χ2v) is 7.66. The van der Waals surface area contributed by atoms with E-state index in [0.717, 1.165) is 41.0 Å². The molecule has 2 aromatic rings. The van der Waals surface area contributed by atoms with Crippen molar-refractivity contribution in [3.05, 3.63) is 52.6 Å². The highest BCUT2D eigenvalue weighted by Crippen LogP contribution is 2.45. The summed E-state index contributed by atoms with van der Waals surface area (Å²) in [6.07, 6.45) is 2.49. The number of carbonyl (C=O) groups excluding carboxylic acids is 1. The van der Waals surface area contributed by atoms with E-state index in [-0.39, 0.29) is 25.2 Å². The summed E-state index contributed by atoms with van der Waals surface area (Å²) in [4.78, 5) is 15.0. The number of fused-ring (bicyclic) bond motifs is 2. The highest BCUT2D eigenvalue weighted by atomic mass is 16.7. The number of ether oxygens (including phenoxy) is 3. The third kappa shape index (κ3) is 3.95. The van der Waals surface area contributed by atoms with Crippen LogP contribution in [0.25, 0.3) is 0 Å². The zero-order valence-electron chi connectivity index (χ0n) is 16.9. The van der Waals surface area contributed by atoms with E-state index < -0.39 is 0 Å². The number of hydrogen-bond donors (Lipinski definition) is 1. The fourth-order valence-electron chi connectivity index (χ4n) is 4.29. The topological polar surface area (TPSA) is 68.2 Å². The van der Waals surface area contributed by atoms with Crippen LogP contribution in [0.3, 0.4) is 0 Å². The summed E-state index contributed by atoms with van der Waals surface area (Å²) in [5, 5.41) is 10.0. The van der Waals surface area contributed by atoms with Crippen molar-refractivity contribution < 1.29 is 24.1 Å². The molecule has 2 aromatic carbocycles. The van der Waals surface area contributed by atoms with E-state index in [0.29, 0.717) is 30.8 Å². The Morgan fingerprint density at radius 2 is 2.07 bits per heavy atom. The van der Waals surface area contributed by atoms with Gasteiger partial charge in [0.1, 0.15) is 11.5 Å². The Kier molecular flexibility index (Phi) is 5.74. The minimum atomic E-state index is -0.126. The minimum absolute atomic E-state index is 0.0567. The molecule has 6 heteroatoms. The zero-order chi connectivity index (χ0) is 20.4. The van der Waals surface area contributed by atoms with Crippen LogP contribution in [-0.2, 0) is 24.2 Å². The van der Waals surface area contributed by atoms with Gasteiger partial charge in [0.2, 0.25) is 6.79 Å². The lowest BCUT2D eigenvalue weighted by atomic mass is 9.85. The third-order valence-electron chi connectivity index (χ3n) is 5.92. The van der Waals surface area contributed by atoms with Gasteiger partial charge in [0.25, 0.3) is 0 Å². The first-order valence-electron chi connectivity index (χ1n) is 10.0. The fourth-order valence-corrected chi connectivity index (χ4v) is 4.29. The second-order valence-electron chi connectivity index (χ2n) is 7.66. The van der Waals surface area contributed by atoms with Crippen LogP contribution in [0.15, 0.2) is 30.3 Å². The van der Waals surface area contributed by atoms with Gasteiger partial charge in [-0.3, -0.25) is 9.69 Å². The van der Waals surface area contributed by atoms with Crippen molar-refractivity contribution in [2.45, 2.75) is 38.3 Å². The molecule has 0 aromatic heterocycles. The smallest absolute Gasteiger partial charge is 0.231 e. The molecule has 2 aliphatic rings. The zero-order valence-corrected chi connectivity index (χ0v) is 16.9. The van der Waals surface area contributed by atoms with Crippen LogP contribution in [-0.4, -0.2) is 43.3 Å². The van der Waals surface area contributed by atoms with E-state index in [9.17, 15) is 9.90 Å². The Hall–Kier alpha value is -2.57. The van der Waals surface area contributed by atoms with Crippen LogP contribution >= 0.6 is 0 Å². The van der Waals surface area contributed by atoms with Crippen molar-refractivity contribution in [1.82, 2.24) is 4.90 Å². The van der Waals surface area contributed by atoms with E-state index in [4.69, 9.17) is 14.2 Å². The van der Waals surface area contributed by atoms with Crippen LogP contribution in [0.5, 0.6) is 17.2 Å². The Morgan fingerprint density at radius 3 is 2.79 bits per heavy atom. The number of methoxy groups -OCH3 is 1. The van der Waals surface area contributed by atoms with Gasteiger partial charge in [-0.1, -0.05) is 12.1 Å². The highest BCUT2D eigenvalue weighted by molar-refractivity contribution is 5.80. The average Bonchev–Trinajstić information content (AvgIpc) is 3.21. The van der Waals surface area contributed by atoms with Crippen LogP contribution < -0.4 is 14.2 Å². The van der Waals surface area contributed by atoms with Crippen molar-refractivity contribution in [2.24, 2.45) is 0 Å². The number of rotatable bonds is 7. The van der Waals surface area contributed by atoms with Crippen molar-refractivity contribution in [3.63, 3.8) is 0 Å². The molecule has 0 spiro atoms. The lowest BCUT2D eigenvalue weighted by Gasteiger charge is -2.36. The Labute approximate surface area is 171 Å². The van der Waals surface area contributed by atoms with Crippen molar-refractivity contribution in [1.29, 1.82) is 0 Å². The molecule has 0 saturated heterocycles. The molecule has 1 unspecified atom stereocenters. The molecule has 154 valence electrons. The van der Waals surface area contributed by atoms with Gasteiger partial charge in [-0.25, -0.2) is 0 Å². The summed E-state index contributed by atoms with van der Waals surface area (Å²) in [7, 11) is 3.68. The van der Waals surface area contributed by atoms with Gasteiger partial charge in [-0.2, -0.15) is 0 Å². The van der Waals surface area contributed by atoms with E-state index in [1.54, 1.807) is 7.11 Å². The largest absolute Gasteiger partial charge is 0.497 e. The molecular formula is C23H27NO5. The first-order chi connectivity index (χ1) is 14.1. The molecular weight excluding hydrogens is 370 g/mol. The highest BCUT2D eigenvalue weighted by Gasteiger charge is 2.33. The molecule has 0 radical (unpaired) electrons. The number of hydrogen-bond acceptors (Lipinski definition) is 6. The first-order valence-corrected chi connectivity index (χ1v) is 10.0. The number of nitrogens with zero attached hydrogens (tertiary/aromatic N) is 1. The second kappa shape index (κ2) is 8.43. The molecule has 2 heterocycles. The fraction of sp³-hybridized carbons (Fsp3) is 0.435. The van der Waals surface area contributed by atoms with E-state index in [1.165, 1.54) is 0 Å². The van der Waals surface area contributed by atoms with Gasteiger partial charge in [-0.05, 0) is 54.8 Å². The number of aliphatic hydroxyl groups excluding tert-OH is 1. The summed E-state index contributed by atoms with van der Waals surface area (Å²) in [5.74, 6) is 2.35. The number of ketones is 1. The van der Waals surface area contributed by atoms with Gasteiger partial charge in [-0.15, -0.1) is 0 Å². The SMILES string of the molecule is COc1ccc(CCC(=O)CC2c3c(cc4c(c3CO)OCO4)CCN2C)cc1. The van der Waals surface area contributed by atoms with Crippen molar-refractivity contribution in [2.75, 3.05) is 27.5 Å². The molecule has 1 atom stereocenters. The lowest BCUT2D eigenvalue weighted by Crippen LogP contribution is -2.34. The van der Waals surface area contributed by atoms with E-state index in [2.05, 4.69) is 4.90 Å². The van der Waals surface area contributed by atoms with Gasteiger partial charge in [0.05, 0.1) is 13.7 Å². The van der Waals surface area contributed by atoms with E-state index in [1.807, 2.05) is 37.4 Å². The van der Waals surface area contributed by atoms with Crippen LogP contribution in [0.4, 0.5) is 0 Å². The number of benzene rings is 2. The Bertz CT molecular complexity index is 893. The maximum Gasteiger partial charge on any atom is 0.231 e. The maximum atomic E-state index is 12.8. The van der Waals surface area contributed by atoms with E-state index >= 15 is 0 Å². The van der Waals surface area contributed by atoms with Gasteiger partial charge in [0, 0.05) is 31.0 Å². The average molecular weight is 397 g/mol. The predicted molar refractivity (Wildman–Crippen MR) is 109 cm³/mol. The monoisotopic (exact) mass is 397 g/mol. The molecule has 0 saturated carbocycles. The van der Waals surface area contributed by atoms with Crippen molar-refractivity contribution in [3.8, 4) is 17.2 Å². The molecule has 2 aliphatic heterocycles. The van der Waals surface area contributed by atoms with Crippen molar-refractivity contribution >= 4 is 5.78 Å². The molecule has 0 bridgehead atoms. The van der Waals surface area contributed by atoms with Crippen LogP contribution in [0.1, 0.15) is 41.1 Å².